The average molecular weight is 239 g/mol. The smallest absolute Gasteiger partial charge is 0.318 e. The molecule has 0 aliphatic heterocycles. The first-order valence-corrected chi connectivity index (χ1v) is 4.76. The van der Waals surface area contributed by atoms with E-state index in [0.717, 1.165) is 6.20 Å². The van der Waals surface area contributed by atoms with E-state index in [0.29, 0.717) is 5.76 Å². The van der Waals surface area contributed by atoms with Crippen molar-refractivity contribution in [1.82, 2.24) is 9.97 Å². The molecule has 0 spiro atoms. The molecule has 0 aliphatic rings. The average Bonchev–Trinajstić information content (AvgIpc) is 2.84. The molecule has 0 radical (unpaired) electrons. The predicted molar refractivity (Wildman–Crippen MR) is 55.7 cm³/mol. The predicted octanol–water partition coefficient (Wildman–Crippen LogP) is 1.76. The lowest BCUT2D eigenvalue weighted by molar-refractivity contribution is 0.157. The van der Waals surface area contributed by atoms with E-state index < -0.39 is 5.82 Å². The molecule has 0 bridgehead atoms. The number of methoxy groups -OCH3 is 1. The van der Waals surface area contributed by atoms with E-state index in [2.05, 4.69) is 15.4 Å². The van der Waals surface area contributed by atoms with Gasteiger partial charge in [-0.2, -0.15) is 4.98 Å². The van der Waals surface area contributed by atoms with E-state index in [1.165, 1.54) is 13.4 Å². The molecule has 0 saturated carbocycles. The van der Waals surface area contributed by atoms with Crippen LogP contribution in [0.15, 0.2) is 29.0 Å². The van der Waals surface area contributed by atoms with Gasteiger partial charge < -0.3 is 9.15 Å². The van der Waals surface area contributed by atoms with Crippen molar-refractivity contribution in [3.63, 3.8) is 0 Å². The molecule has 7 heteroatoms. The van der Waals surface area contributed by atoms with Crippen LogP contribution in [0.3, 0.4) is 0 Å². The summed E-state index contributed by atoms with van der Waals surface area (Å²) in [5.41, 5.74) is 2.36. The van der Waals surface area contributed by atoms with Gasteiger partial charge in [0.1, 0.15) is 12.4 Å². The van der Waals surface area contributed by atoms with Gasteiger partial charge in [0, 0.05) is 0 Å². The Bertz CT molecular complexity index is 476. The minimum absolute atomic E-state index is 0.0514. The van der Waals surface area contributed by atoms with Gasteiger partial charge in [-0.15, -0.1) is 0 Å². The Morgan fingerprint density at radius 1 is 1.53 bits per heavy atom. The van der Waals surface area contributed by atoms with Crippen molar-refractivity contribution < 1.29 is 18.4 Å². The van der Waals surface area contributed by atoms with Crippen molar-refractivity contribution in [3.8, 4) is 6.01 Å². The SMILES string of the molecule is COc1ncc(F)c(NOCc2ccco2)n1. The summed E-state index contributed by atoms with van der Waals surface area (Å²) in [5, 5.41) is 0. The number of furan rings is 1. The fourth-order valence-corrected chi connectivity index (χ4v) is 1.09. The van der Waals surface area contributed by atoms with E-state index >= 15 is 0 Å². The van der Waals surface area contributed by atoms with Gasteiger partial charge in [0.05, 0.1) is 19.6 Å². The molecule has 2 rings (SSSR count). The maximum atomic E-state index is 13.2. The van der Waals surface area contributed by atoms with Crippen LogP contribution < -0.4 is 10.2 Å². The van der Waals surface area contributed by atoms with E-state index in [1.54, 1.807) is 12.1 Å². The molecule has 0 amide bonds. The summed E-state index contributed by atoms with van der Waals surface area (Å²) in [6.45, 7) is 0.152. The second-order valence-corrected chi connectivity index (χ2v) is 3.02. The standard InChI is InChI=1S/C10H10FN3O3/c1-15-10-12-5-8(11)9(13-10)14-17-6-7-3-2-4-16-7/h2-5H,6H2,1H3,(H,12,13,14). The van der Waals surface area contributed by atoms with Gasteiger partial charge in [-0.05, 0) is 12.1 Å². The molecule has 0 atom stereocenters. The highest BCUT2D eigenvalue weighted by atomic mass is 19.1. The Balaban J connectivity index is 1.94. The summed E-state index contributed by atoms with van der Waals surface area (Å²) in [6, 6.07) is 3.52. The minimum Gasteiger partial charge on any atom is -0.467 e. The van der Waals surface area contributed by atoms with Crippen LogP contribution in [0.1, 0.15) is 5.76 Å². The fourth-order valence-electron chi connectivity index (χ4n) is 1.09. The lowest BCUT2D eigenvalue weighted by atomic mass is 10.5. The van der Waals surface area contributed by atoms with Crippen LogP contribution in [0.5, 0.6) is 6.01 Å². The minimum atomic E-state index is -0.634. The van der Waals surface area contributed by atoms with Crippen LogP contribution in [0.25, 0.3) is 0 Å². The topological polar surface area (TPSA) is 69.4 Å². The van der Waals surface area contributed by atoms with Crippen LogP contribution in [0.2, 0.25) is 0 Å². The summed E-state index contributed by atoms with van der Waals surface area (Å²) < 4.78 is 23.0. The van der Waals surface area contributed by atoms with Crippen molar-refractivity contribution in [2.75, 3.05) is 12.6 Å². The van der Waals surface area contributed by atoms with Crippen molar-refractivity contribution >= 4 is 5.82 Å². The fraction of sp³-hybridized carbons (Fsp3) is 0.200. The molecule has 0 fully saturated rings. The lowest BCUT2D eigenvalue weighted by Gasteiger charge is -2.06. The van der Waals surface area contributed by atoms with Gasteiger partial charge in [-0.25, -0.2) is 14.9 Å². The summed E-state index contributed by atoms with van der Waals surface area (Å²) >= 11 is 0. The molecule has 2 heterocycles. The highest BCUT2D eigenvalue weighted by Gasteiger charge is 2.07. The zero-order valence-electron chi connectivity index (χ0n) is 9.01. The third kappa shape index (κ3) is 2.91. The molecule has 0 aliphatic carbocycles. The summed E-state index contributed by atoms with van der Waals surface area (Å²) in [6.07, 6.45) is 2.51. The number of anilines is 1. The third-order valence-electron chi connectivity index (χ3n) is 1.87. The van der Waals surface area contributed by atoms with Crippen molar-refractivity contribution in [2.45, 2.75) is 6.61 Å². The lowest BCUT2D eigenvalue weighted by Crippen LogP contribution is -2.06. The number of nitrogens with zero attached hydrogens (tertiary/aromatic N) is 2. The quantitative estimate of drug-likeness (QED) is 0.802. The first kappa shape index (κ1) is 11.3. The Hall–Kier alpha value is -2.15. The molecular formula is C10H10FN3O3. The van der Waals surface area contributed by atoms with E-state index in [1.807, 2.05) is 0 Å². The number of aromatic nitrogens is 2. The third-order valence-corrected chi connectivity index (χ3v) is 1.87. The number of nitrogens with one attached hydrogen (secondary N) is 1. The molecule has 1 N–H and O–H groups in total. The van der Waals surface area contributed by atoms with Crippen LogP contribution in [0, 0.1) is 5.82 Å². The molecule has 0 saturated heterocycles. The molecule has 90 valence electrons. The maximum Gasteiger partial charge on any atom is 0.318 e. The van der Waals surface area contributed by atoms with Crippen molar-refractivity contribution in [3.05, 3.63) is 36.2 Å². The zero-order valence-corrected chi connectivity index (χ0v) is 9.01. The second kappa shape index (κ2) is 5.26. The summed E-state index contributed by atoms with van der Waals surface area (Å²) in [4.78, 5) is 12.3. The molecule has 2 aromatic rings. The largest absolute Gasteiger partial charge is 0.467 e. The highest BCUT2D eigenvalue weighted by Crippen LogP contribution is 2.13. The number of ether oxygens (including phenoxy) is 1. The zero-order chi connectivity index (χ0) is 12.1. The Morgan fingerprint density at radius 2 is 2.41 bits per heavy atom. The van der Waals surface area contributed by atoms with Gasteiger partial charge in [0.15, 0.2) is 11.6 Å². The molecule has 2 aromatic heterocycles. The van der Waals surface area contributed by atoms with Gasteiger partial charge in [0.2, 0.25) is 0 Å². The van der Waals surface area contributed by atoms with Crippen LogP contribution >= 0.6 is 0 Å². The van der Waals surface area contributed by atoms with Crippen LogP contribution in [-0.2, 0) is 11.4 Å². The molecule has 6 nitrogen and oxygen atoms in total. The second-order valence-electron chi connectivity index (χ2n) is 3.02. The van der Waals surface area contributed by atoms with E-state index in [-0.39, 0.29) is 18.4 Å². The number of hydrogen-bond donors (Lipinski definition) is 1. The first-order chi connectivity index (χ1) is 8.29. The number of halogens is 1. The number of rotatable bonds is 5. The van der Waals surface area contributed by atoms with E-state index in [9.17, 15) is 4.39 Å². The van der Waals surface area contributed by atoms with Crippen molar-refractivity contribution in [1.29, 1.82) is 0 Å². The first-order valence-electron chi connectivity index (χ1n) is 4.76. The Morgan fingerprint density at radius 3 is 3.12 bits per heavy atom. The molecule has 0 aromatic carbocycles. The van der Waals surface area contributed by atoms with Crippen LogP contribution in [0.4, 0.5) is 10.2 Å². The van der Waals surface area contributed by atoms with E-state index in [4.69, 9.17) is 14.0 Å². The molecular weight excluding hydrogens is 229 g/mol. The highest BCUT2D eigenvalue weighted by molar-refractivity contribution is 5.33. The summed E-state index contributed by atoms with van der Waals surface area (Å²) in [5.74, 6) is -0.118. The maximum absolute atomic E-state index is 13.2. The normalized spacial score (nSPS) is 10.2. The summed E-state index contributed by atoms with van der Waals surface area (Å²) in [7, 11) is 1.39. The van der Waals surface area contributed by atoms with Gasteiger partial charge in [-0.3, -0.25) is 4.84 Å². The number of hydrogen-bond acceptors (Lipinski definition) is 6. The molecule has 0 unspecified atom stereocenters. The van der Waals surface area contributed by atoms with Crippen molar-refractivity contribution in [2.24, 2.45) is 0 Å². The monoisotopic (exact) mass is 239 g/mol. The van der Waals surface area contributed by atoms with Crippen LogP contribution in [-0.4, -0.2) is 17.1 Å². The van der Waals surface area contributed by atoms with Gasteiger partial charge in [0.25, 0.3) is 0 Å². The Labute approximate surface area is 96.3 Å². The Kier molecular flexibility index (Phi) is 3.51. The van der Waals surface area contributed by atoms with Gasteiger partial charge in [-0.1, -0.05) is 0 Å². The molecule has 17 heavy (non-hydrogen) atoms. The van der Waals surface area contributed by atoms with Gasteiger partial charge >= 0.3 is 6.01 Å².